The number of alkyl halides is 6. The van der Waals surface area contributed by atoms with Crippen molar-refractivity contribution in [3.8, 4) is 0 Å². The van der Waals surface area contributed by atoms with E-state index >= 15 is 0 Å². The predicted molar refractivity (Wildman–Crippen MR) is 69.8 cm³/mol. The summed E-state index contributed by atoms with van der Waals surface area (Å²) in [6.07, 6.45) is -9.70. The minimum absolute atomic E-state index is 0.0153. The summed E-state index contributed by atoms with van der Waals surface area (Å²) in [5.41, 5.74) is -2.48. The van der Waals surface area contributed by atoms with E-state index in [2.05, 4.69) is 9.84 Å². The lowest BCUT2D eigenvalue weighted by Gasteiger charge is -2.35. The SMILES string of the molecule is O=C(O)c1c(C(F)(F)F)c(C2CC2)nn1CC1CC(OC(F)(F)F)C1. The molecule has 140 valence electrons. The van der Waals surface area contributed by atoms with Gasteiger partial charge in [0.1, 0.15) is 5.56 Å². The zero-order valence-electron chi connectivity index (χ0n) is 12.7. The van der Waals surface area contributed by atoms with Crippen LogP contribution in [0.5, 0.6) is 0 Å². The summed E-state index contributed by atoms with van der Waals surface area (Å²) in [6.45, 7) is -0.185. The number of nitrogens with zero attached hydrogens (tertiary/aromatic N) is 2. The van der Waals surface area contributed by atoms with Crippen LogP contribution in [-0.4, -0.2) is 33.3 Å². The third-order valence-electron chi connectivity index (χ3n) is 4.35. The quantitative estimate of drug-likeness (QED) is 0.799. The Kier molecular flexibility index (Phi) is 4.25. The number of aromatic nitrogens is 2. The molecule has 0 atom stereocenters. The van der Waals surface area contributed by atoms with Gasteiger partial charge in [-0.3, -0.25) is 9.42 Å². The molecule has 0 unspecified atom stereocenters. The first-order valence-electron chi connectivity index (χ1n) is 7.61. The third-order valence-corrected chi connectivity index (χ3v) is 4.35. The van der Waals surface area contributed by atoms with Gasteiger partial charge in [-0.15, -0.1) is 13.2 Å². The minimum atomic E-state index is -4.86. The van der Waals surface area contributed by atoms with Gasteiger partial charge in [0.2, 0.25) is 0 Å². The van der Waals surface area contributed by atoms with Crippen molar-refractivity contribution in [1.82, 2.24) is 9.78 Å². The number of carbonyl (C=O) groups is 1. The molecule has 1 aromatic heterocycles. The molecule has 1 heterocycles. The highest BCUT2D eigenvalue weighted by atomic mass is 19.4. The van der Waals surface area contributed by atoms with E-state index in [1.54, 1.807) is 0 Å². The van der Waals surface area contributed by atoms with Crippen molar-refractivity contribution in [3.05, 3.63) is 17.0 Å². The zero-order valence-corrected chi connectivity index (χ0v) is 12.7. The fourth-order valence-electron chi connectivity index (χ4n) is 3.11. The number of hydrogen-bond donors (Lipinski definition) is 1. The fourth-order valence-corrected chi connectivity index (χ4v) is 3.11. The molecule has 3 rings (SSSR count). The van der Waals surface area contributed by atoms with Gasteiger partial charge in [0.25, 0.3) is 0 Å². The molecule has 0 spiro atoms. The van der Waals surface area contributed by atoms with Gasteiger partial charge < -0.3 is 5.11 Å². The molecule has 1 N–H and O–H groups in total. The highest BCUT2D eigenvalue weighted by Gasteiger charge is 2.47. The van der Waals surface area contributed by atoms with Crippen molar-refractivity contribution in [2.75, 3.05) is 0 Å². The number of carboxylic acids is 1. The Morgan fingerprint density at radius 1 is 1.20 bits per heavy atom. The molecule has 1 aromatic rings. The van der Waals surface area contributed by atoms with Crippen LogP contribution in [0.25, 0.3) is 0 Å². The molecule has 0 bridgehead atoms. The Hall–Kier alpha value is -1.78. The number of ether oxygens (including phenoxy) is 1. The molecule has 2 aliphatic carbocycles. The van der Waals surface area contributed by atoms with Crippen molar-refractivity contribution >= 4 is 5.97 Å². The van der Waals surface area contributed by atoms with E-state index in [-0.39, 0.29) is 25.1 Å². The largest absolute Gasteiger partial charge is 0.522 e. The molecule has 0 aromatic carbocycles. The maximum atomic E-state index is 13.3. The summed E-state index contributed by atoms with van der Waals surface area (Å²) in [7, 11) is 0. The summed E-state index contributed by atoms with van der Waals surface area (Å²) in [5, 5.41) is 13.0. The van der Waals surface area contributed by atoms with Gasteiger partial charge >= 0.3 is 18.5 Å². The first-order valence-corrected chi connectivity index (χ1v) is 7.61. The topological polar surface area (TPSA) is 64.3 Å². The van der Waals surface area contributed by atoms with Crippen LogP contribution in [0.2, 0.25) is 0 Å². The van der Waals surface area contributed by atoms with Crippen LogP contribution in [0.15, 0.2) is 0 Å². The smallest absolute Gasteiger partial charge is 0.477 e. The lowest BCUT2D eigenvalue weighted by molar-refractivity contribution is -0.354. The second-order valence-corrected chi connectivity index (χ2v) is 6.39. The van der Waals surface area contributed by atoms with Crippen LogP contribution in [0.1, 0.15) is 53.3 Å². The van der Waals surface area contributed by atoms with E-state index in [1.165, 1.54) is 0 Å². The fraction of sp³-hybridized carbons (Fsp3) is 0.714. The Labute approximate surface area is 137 Å². The highest BCUT2D eigenvalue weighted by Crippen LogP contribution is 2.47. The number of halogens is 6. The lowest BCUT2D eigenvalue weighted by atomic mass is 9.82. The molecule has 2 aliphatic rings. The maximum absolute atomic E-state index is 13.3. The van der Waals surface area contributed by atoms with E-state index in [4.69, 9.17) is 0 Å². The Morgan fingerprint density at radius 2 is 1.80 bits per heavy atom. The summed E-state index contributed by atoms with van der Waals surface area (Å²) >= 11 is 0. The monoisotopic (exact) mass is 372 g/mol. The van der Waals surface area contributed by atoms with Crippen LogP contribution in [0.4, 0.5) is 26.3 Å². The van der Waals surface area contributed by atoms with Gasteiger partial charge in [-0.25, -0.2) is 4.79 Å². The Bertz CT molecular complexity index is 671. The summed E-state index contributed by atoms with van der Waals surface area (Å²) in [4.78, 5) is 11.4. The first-order chi connectivity index (χ1) is 11.5. The van der Waals surface area contributed by atoms with Gasteiger partial charge in [-0.1, -0.05) is 0 Å². The normalized spacial score (nSPS) is 24.2. The standard InChI is InChI=1S/C14H14F6N2O3/c15-13(16,17)9-10(7-1-2-7)21-22(11(9)12(23)24)5-6-3-8(4-6)25-14(18,19)20/h6-8H,1-5H2,(H,23,24). The number of aromatic carboxylic acids is 1. The van der Waals surface area contributed by atoms with Gasteiger partial charge in [-0.2, -0.15) is 18.3 Å². The van der Waals surface area contributed by atoms with Crippen molar-refractivity contribution in [1.29, 1.82) is 0 Å². The van der Waals surface area contributed by atoms with E-state index in [0.29, 0.717) is 12.8 Å². The Balaban J connectivity index is 1.79. The molecule has 2 saturated carbocycles. The van der Waals surface area contributed by atoms with Crippen molar-refractivity contribution < 1.29 is 41.0 Å². The van der Waals surface area contributed by atoms with E-state index in [0.717, 1.165) is 4.68 Å². The van der Waals surface area contributed by atoms with Gasteiger partial charge in [0, 0.05) is 12.5 Å². The number of hydrogen-bond acceptors (Lipinski definition) is 3. The van der Waals surface area contributed by atoms with Gasteiger partial charge in [-0.05, 0) is 31.6 Å². The molecule has 25 heavy (non-hydrogen) atoms. The van der Waals surface area contributed by atoms with Crippen LogP contribution < -0.4 is 0 Å². The molecule has 0 saturated heterocycles. The van der Waals surface area contributed by atoms with Crippen molar-refractivity contribution in [2.45, 2.75) is 56.8 Å². The second kappa shape index (κ2) is 5.89. The Morgan fingerprint density at radius 3 is 2.24 bits per heavy atom. The second-order valence-electron chi connectivity index (χ2n) is 6.39. The number of rotatable bonds is 5. The molecule has 11 heteroatoms. The first kappa shape index (κ1) is 18.0. The summed E-state index contributed by atoms with van der Waals surface area (Å²) in [6, 6.07) is 0. The zero-order chi connectivity index (χ0) is 18.6. The molecule has 5 nitrogen and oxygen atoms in total. The predicted octanol–water partition coefficient (Wildman–Crippen LogP) is 3.79. The van der Waals surface area contributed by atoms with E-state index in [1.807, 2.05) is 0 Å². The highest BCUT2D eigenvalue weighted by molar-refractivity contribution is 5.88. The molecular formula is C14H14F6N2O3. The lowest BCUT2D eigenvalue weighted by Crippen LogP contribution is -2.38. The average molecular weight is 372 g/mol. The summed E-state index contributed by atoms with van der Waals surface area (Å²) < 4.78 is 80.7. The van der Waals surface area contributed by atoms with Crippen LogP contribution in [0, 0.1) is 5.92 Å². The van der Waals surface area contributed by atoms with Gasteiger partial charge in [0.15, 0.2) is 5.69 Å². The van der Waals surface area contributed by atoms with Gasteiger partial charge in [0.05, 0.1) is 11.8 Å². The number of carboxylic acid groups (broad SMARTS) is 1. The van der Waals surface area contributed by atoms with Crippen LogP contribution >= 0.6 is 0 Å². The molecule has 0 radical (unpaired) electrons. The van der Waals surface area contributed by atoms with E-state index in [9.17, 15) is 36.2 Å². The van der Waals surface area contributed by atoms with Crippen molar-refractivity contribution in [2.24, 2.45) is 5.92 Å². The summed E-state index contributed by atoms with van der Waals surface area (Å²) in [5.74, 6) is -2.59. The molecule has 0 amide bonds. The third kappa shape index (κ3) is 3.91. The average Bonchev–Trinajstić information content (AvgIpc) is 3.14. The van der Waals surface area contributed by atoms with Crippen LogP contribution in [0.3, 0.4) is 0 Å². The van der Waals surface area contributed by atoms with E-state index < -0.39 is 47.7 Å². The van der Waals surface area contributed by atoms with Crippen LogP contribution in [-0.2, 0) is 17.5 Å². The maximum Gasteiger partial charge on any atom is 0.522 e. The minimum Gasteiger partial charge on any atom is -0.477 e. The molecular weight excluding hydrogens is 358 g/mol. The van der Waals surface area contributed by atoms with Crippen molar-refractivity contribution in [3.63, 3.8) is 0 Å². The molecule has 2 fully saturated rings. The molecule has 0 aliphatic heterocycles.